The van der Waals surface area contributed by atoms with Gasteiger partial charge in [-0.3, -0.25) is 9.88 Å². The lowest BCUT2D eigenvalue weighted by molar-refractivity contribution is 0.206. The maximum Gasteiger partial charge on any atom is 0.0410 e. The Kier molecular flexibility index (Phi) is 3.97. The van der Waals surface area contributed by atoms with Gasteiger partial charge in [-0.15, -0.1) is 0 Å². The molecule has 2 aliphatic rings. The van der Waals surface area contributed by atoms with E-state index in [9.17, 15) is 0 Å². The predicted octanol–water partition coefficient (Wildman–Crippen LogP) is 2.56. The molecule has 98 valence electrons. The van der Waals surface area contributed by atoms with Crippen molar-refractivity contribution >= 4 is 15.9 Å². The quantitative estimate of drug-likeness (QED) is 0.930. The van der Waals surface area contributed by atoms with E-state index in [0.717, 1.165) is 17.1 Å². The van der Waals surface area contributed by atoms with Crippen molar-refractivity contribution in [1.29, 1.82) is 0 Å². The Balaban J connectivity index is 1.67. The van der Waals surface area contributed by atoms with Crippen LogP contribution in [0.3, 0.4) is 0 Å². The summed E-state index contributed by atoms with van der Waals surface area (Å²) in [4.78, 5) is 6.89. The summed E-state index contributed by atoms with van der Waals surface area (Å²) in [6.45, 7) is 3.47. The van der Waals surface area contributed by atoms with Crippen molar-refractivity contribution in [2.45, 2.75) is 44.3 Å². The zero-order chi connectivity index (χ0) is 12.4. The second-order valence-electron chi connectivity index (χ2n) is 5.39. The lowest BCUT2D eigenvalue weighted by Crippen LogP contribution is -2.43. The molecule has 3 rings (SSSR count). The lowest BCUT2D eigenvalue weighted by Gasteiger charge is -2.29. The molecule has 2 atom stereocenters. The van der Waals surface area contributed by atoms with E-state index in [1.54, 1.807) is 0 Å². The van der Waals surface area contributed by atoms with E-state index in [-0.39, 0.29) is 0 Å². The molecule has 0 aromatic carbocycles. The van der Waals surface area contributed by atoms with Gasteiger partial charge in [-0.1, -0.05) is 0 Å². The van der Waals surface area contributed by atoms with Gasteiger partial charge in [-0.05, 0) is 66.3 Å². The third-order valence-electron chi connectivity index (χ3n) is 4.12. The highest BCUT2D eigenvalue weighted by Crippen LogP contribution is 2.26. The highest BCUT2D eigenvalue weighted by molar-refractivity contribution is 9.10. The average Bonchev–Trinajstić information content (AvgIpc) is 2.98. The van der Waals surface area contributed by atoms with Crippen molar-refractivity contribution in [3.05, 3.63) is 28.5 Å². The van der Waals surface area contributed by atoms with Crippen molar-refractivity contribution in [3.63, 3.8) is 0 Å². The fraction of sp³-hybridized carbons (Fsp3) is 0.643. The number of nitrogens with one attached hydrogen (secondary N) is 1. The normalized spacial score (nSPS) is 28.9. The minimum absolute atomic E-state index is 0.715. The molecule has 18 heavy (non-hydrogen) atoms. The summed E-state index contributed by atoms with van der Waals surface area (Å²) in [6.07, 6.45) is 9.21. The Morgan fingerprint density at radius 2 is 2.28 bits per heavy atom. The molecule has 2 unspecified atom stereocenters. The van der Waals surface area contributed by atoms with E-state index in [2.05, 4.69) is 37.2 Å². The van der Waals surface area contributed by atoms with Crippen molar-refractivity contribution in [1.82, 2.24) is 15.2 Å². The smallest absolute Gasteiger partial charge is 0.0410 e. The van der Waals surface area contributed by atoms with Crippen LogP contribution in [0.5, 0.6) is 0 Å². The summed E-state index contributed by atoms with van der Waals surface area (Å²) in [6, 6.07) is 3.63. The van der Waals surface area contributed by atoms with Crippen LogP contribution in [0, 0.1) is 0 Å². The third-order valence-corrected chi connectivity index (χ3v) is 4.56. The van der Waals surface area contributed by atoms with Gasteiger partial charge in [0.05, 0.1) is 0 Å². The minimum Gasteiger partial charge on any atom is -0.312 e. The highest BCUT2D eigenvalue weighted by Gasteiger charge is 2.32. The van der Waals surface area contributed by atoms with Crippen molar-refractivity contribution in [2.24, 2.45) is 0 Å². The monoisotopic (exact) mass is 309 g/mol. The summed E-state index contributed by atoms with van der Waals surface area (Å²) >= 11 is 3.50. The molecule has 0 saturated carbocycles. The number of pyridine rings is 1. The predicted molar refractivity (Wildman–Crippen MR) is 76.4 cm³/mol. The number of aromatic nitrogens is 1. The van der Waals surface area contributed by atoms with Crippen molar-refractivity contribution < 1.29 is 0 Å². The summed E-state index contributed by atoms with van der Waals surface area (Å²) in [5, 5.41) is 3.66. The van der Waals surface area contributed by atoms with Gasteiger partial charge < -0.3 is 5.32 Å². The maximum absolute atomic E-state index is 4.26. The fourth-order valence-electron chi connectivity index (χ4n) is 3.32. The number of halogens is 1. The van der Waals surface area contributed by atoms with E-state index in [1.165, 1.54) is 44.3 Å². The minimum atomic E-state index is 0.715. The molecule has 2 fully saturated rings. The molecule has 2 saturated heterocycles. The van der Waals surface area contributed by atoms with Crippen LogP contribution in [0.4, 0.5) is 0 Å². The van der Waals surface area contributed by atoms with Crippen molar-refractivity contribution in [2.75, 3.05) is 13.1 Å². The van der Waals surface area contributed by atoms with E-state index in [4.69, 9.17) is 0 Å². The molecular formula is C14H20BrN3. The highest BCUT2D eigenvalue weighted by atomic mass is 79.9. The second-order valence-corrected chi connectivity index (χ2v) is 6.31. The topological polar surface area (TPSA) is 28.2 Å². The molecule has 0 spiro atoms. The second kappa shape index (κ2) is 5.68. The van der Waals surface area contributed by atoms with Crippen LogP contribution in [-0.2, 0) is 6.54 Å². The number of likely N-dealkylation sites (tertiary alicyclic amines) is 1. The van der Waals surface area contributed by atoms with Crippen LogP contribution in [0.25, 0.3) is 0 Å². The van der Waals surface area contributed by atoms with Gasteiger partial charge in [0.1, 0.15) is 0 Å². The SMILES string of the molecule is Brc1cncc(CN2CCCC2C2CCCN2)c1. The van der Waals surface area contributed by atoms with Gasteiger partial charge in [-0.25, -0.2) is 0 Å². The zero-order valence-electron chi connectivity index (χ0n) is 10.6. The molecule has 2 aliphatic heterocycles. The average molecular weight is 310 g/mol. The van der Waals surface area contributed by atoms with E-state index in [1.807, 2.05) is 12.4 Å². The van der Waals surface area contributed by atoms with Crippen LogP contribution in [0.2, 0.25) is 0 Å². The molecule has 1 aromatic heterocycles. The van der Waals surface area contributed by atoms with Crippen molar-refractivity contribution in [3.8, 4) is 0 Å². The summed E-state index contributed by atoms with van der Waals surface area (Å²) in [5.41, 5.74) is 1.31. The summed E-state index contributed by atoms with van der Waals surface area (Å²) in [5.74, 6) is 0. The number of rotatable bonds is 3. The molecule has 0 radical (unpaired) electrons. The third kappa shape index (κ3) is 2.76. The molecule has 1 aromatic rings. The van der Waals surface area contributed by atoms with E-state index >= 15 is 0 Å². The number of hydrogen-bond donors (Lipinski definition) is 1. The van der Waals surface area contributed by atoms with Gasteiger partial charge in [0.2, 0.25) is 0 Å². The molecule has 0 aliphatic carbocycles. The first-order valence-corrected chi connectivity index (χ1v) is 7.69. The lowest BCUT2D eigenvalue weighted by atomic mass is 10.0. The van der Waals surface area contributed by atoms with Gasteiger partial charge in [-0.2, -0.15) is 0 Å². The first kappa shape index (κ1) is 12.6. The van der Waals surface area contributed by atoms with Gasteiger partial charge in [0, 0.05) is 35.5 Å². The first-order chi connectivity index (χ1) is 8.83. The summed E-state index contributed by atoms with van der Waals surface area (Å²) < 4.78 is 1.08. The van der Waals surface area contributed by atoms with Gasteiger partial charge in [0.25, 0.3) is 0 Å². The molecule has 1 N–H and O–H groups in total. The zero-order valence-corrected chi connectivity index (χ0v) is 12.2. The van der Waals surface area contributed by atoms with Gasteiger partial charge >= 0.3 is 0 Å². The fourth-order valence-corrected chi connectivity index (χ4v) is 3.73. The van der Waals surface area contributed by atoms with Crippen LogP contribution in [-0.4, -0.2) is 35.1 Å². The van der Waals surface area contributed by atoms with E-state index < -0.39 is 0 Å². The summed E-state index contributed by atoms with van der Waals surface area (Å²) in [7, 11) is 0. The standard InChI is InChI=1S/C14H20BrN3/c15-12-7-11(8-16-9-12)10-18-6-2-4-14(18)13-3-1-5-17-13/h7-9,13-14,17H,1-6,10H2. The Bertz CT molecular complexity index is 404. The molecule has 3 nitrogen and oxygen atoms in total. The first-order valence-electron chi connectivity index (χ1n) is 6.90. The largest absolute Gasteiger partial charge is 0.312 e. The number of nitrogens with zero attached hydrogens (tertiary/aromatic N) is 2. The van der Waals surface area contributed by atoms with Crippen LogP contribution < -0.4 is 5.32 Å². The molecule has 0 amide bonds. The molecule has 4 heteroatoms. The van der Waals surface area contributed by atoms with Crippen LogP contribution >= 0.6 is 15.9 Å². The van der Waals surface area contributed by atoms with Crippen LogP contribution in [0.1, 0.15) is 31.2 Å². The molecular weight excluding hydrogens is 290 g/mol. The number of hydrogen-bond acceptors (Lipinski definition) is 3. The van der Waals surface area contributed by atoms with Crippen LogP contribution in [0.15, 0.2) is 22.9 Å². The molecule has 3 heterocycles. The Morgan fingerprint density at radius 3 is 3.06 bits per heavy atom. The van der Waals surface area contributed by atoms with Gasteiger partial charge in [0.15, 0.2) is 0 Å². The molecule has 0 bridgehead atoms. The Hall–Kier alpha value is -0.450. The maximum atomic E-state index is 4.26. The Labute approximate surface area is 117 Å². The Morgan fingerprint density at radius 1 is 1.33 bits per heavy atom. The van der Waals surface area contributed by atoms with E-state index in [0.29, 0.717) is 6.04 Å².